The molecule has 0 saturated heterocycles. The van der Waals surface area contributed by atoms with Crippen LogP contribution in [0.5, 0.6) is 0 Å². The van der Waals surface area contributed by atoms with Gasteiger partial charge in [0.2, 0.25) is 0 Å². The van der Waals surface area contributed by atoms with E-state index in [-0.39, 0.29) is 11.6 Å². The first-order chi connectivity index (χ1) is 12.5. The summed E-state index contributed by atoms with van der Waals surface area (Å²) in [6, 6.07) is 5.29. The zero-order chi connectivity index (χ0) is 18.7. The predicted molar refractivity (Wildman–Crippen MR) is 96.8 cm³/mol. The Balaban J connectivity index is 2.02. The van der Waals surface area contributed by atoms with Crippen molar-refractivity contribution in [1.29, 1.82) is 0 Å². The molecular weight excluding hydrogens is 332 g/mol. The fourth-order valence-electron chi connectivity index (χ4n) is 2.35. The van der Waals surface area contributed by atoms with Gasteiger partial charge in [-0.3, -0.25) is 19.1 Å². The molecule has 0 atom stereocenters. The number of amides is 2. The van der Waals surface area contributed by atoms with E-state index in [2.05, 4.69) is 32.1 Å². The lowest BCUT2D eigenvalue weighted by Gasteiger charge is -2.10. The highest BCUT2D eigenvalue weighted by Gasteiger charge is 2.13. The highest BCUT2D eigenvalue weighted by molar-refractivity contribution is 6.04. The molecule has 0 saturated carbocycles. The molecule has 26 heavy (non-hydrogen) atoms. The number of carbonyl (C=O) groups excluding carboxylic acids is 2. The number of hydrogen-bond acceptors (Lipinski definition) is 5. The maximum Gasteiger partial charge on any atom is 0.300 e. The lowest BCUT2D eigenvalue weighted by Crippen LogP contribution is -2.23. The van der Waals surface area contributed by atoms with Crippen LogP contribution in [0.3, 0.4) is 0 Å². The van der Waals surface area contributed by atoms with Gasteiger partial charge in [0, 0.05) is 19.8 Å². The second-order valence-corrected chi connectivity index (χ2v) is 5.61. The summed E-state index contributed by atoms with van der Waals surface area (Å²) in [5, 5.41) is 2.70. The van der Waals surface area contributed by atoms with Crippen LogP contribution in [0.25, 0.3) is 16.9 Å². The van der Waals surface area contributed by atoms with E-state index in [1.165, 1.54) is 11.1 Å². The van der Waals surface area contributed by atoms with Crippen LogP contribution in [0.15, 0.2) is 36.9 Å². The quantitative estimate of drug-likeness (QED) is 0.724. The average Bonchev–Trinajstić information content (AvgIpc) is 3.04. The van der Waals surface area contributed by atoms with Crippen molar-refractivity contribution in [2.75, 3.05) is 19.4 Å². The van der Waals surface area contributed by atoms with Crippen molar-refractivity contribution in [3.8, 4) is 17.7 Å². The third-order valence-corrected chi connectivity index (χ3v) is 3.54. The summed E-state index contributed by atoms with van der Waals surface area (Å²) in [4.78, 5) is 38.0. The number of benzene rings is 1. The van der Waals surface area contributed by atoms with Gasteiger partial charge in [-0.05, 0) is 31.0 Å². The zero-order valence-electron chi connectivity index (χ0n) is 14.5. The number of imidazole rings is 1. The van der Waals surface area contributed by atoms with Gasteiger partial charge in [-0.1, -0.05) is 5.92 Å². The van der Waals surface area contributed by atoms with Crippen LogP contribution in [0, 0.1) is 11.8 Å². The van der Waals surface area contributed by atoms with E-state index in [0.717, 1.165) is 11.0 Å². The normalized spacial score (nSPS) is 10.1. The van der Waals surface area contributed by atoms with E-state index in [1.54, 1.807) is 56.3 Å². The number of anilines is 1. The number of nitrogens with one attached hydrogen (secondary N) is 1. The van der Waals surface area contributed by atoms with Crippen molar-refractivity contribution in [2.24, 2.45) is 0 Å². The molecule has 0 spiro atoms. The van der Waals surface area contributed by atoms with Gasteiger partial charge in [-0.2, -0.15) is 0 Å². The molecular formula is C18H16N6O2. The molecule has 1 aromatic carbocycles. The summed E-state index contributed by atoms with van der Waals surface area (Å²) in [5.74, 6) is 4.80. The highest BCUT2D eigenvalue weighted by atomic mass is 16.2. The monoisotopic (exact) mass is 348 g/mol. The molecule has 0 aliphatic heterocycles. The van der Waals surface area contributed by atoms with E-state index >= 15 is 0 Å². The highest BCUT2D eigenvalue weighted by Crippen LogP contribution is 2.21. The van der Waals surface area contributed by atoms with E-state index in [0.29, 0.717) is 11.5 Å². The molecule has 130 valence electrons. The minimum atomic E-state index is -0.392. The van der Waals surface area contributed by atoms with Gasteiger partial charge in [-0.25, -0.2) is 9.97 Å². The molecule has 0 fully saturated rings. The minimum absolute atomic E-state index is 0.233. The molecule has 0 bridgehead atoms. The first-order valence-corrected chi connectivity index (χ1v) is 7.74. The second kappa shape index (κ2) is 7.03. The van der Waals surface area contributed by atoms with Gasteiger partial charge in [0.1, 0.15) is 12.0 Å². The van der Waals surface area contributed by atoms with E-state index in [9.17, 15) is 9.59 Å². The summed E-state index contributed by atoms with van der Waals surface area (Å²) in [6.07, 6.45) is 4.55. The Bertz CT molecular complexity index is 1060. The lowest BCUT2D eigenvalue weighted by atomic mass is 10.2. The minimum Gasteiger partial charge on any atom is -0.343 e. The van der Waals surface area contributed by atoms with Crippen LogP contribution in [0.4, 0.5) is 5.69 Å². The van der Waals surface area contributed by atoms with Crippen LogP contribution < -0.4 is 5.32 Å². The smallest absolute Gasteiger partial charge is 0.300 e. The molecule has 0 aliphatic rings. The topological polar surface area (TPSA) is 93.0 Å². The SMILES string of the molecule is CC#CC(=O)Nc1ccc2ncn(-c3cncc(C(=O)N(C)C)n3)c2c1. The summed E-state index contributed by atoms with van der Waals surface area (Å²) < 4.78 is 1.70. The number of fused-ring (bicyclic) bond motifs is 1. The number of hydrogen-bond donors (Lipinski definition) is 1. The standard InChI is InChI=1S/C18H16N6O2/c1-4-5-17(25)21-12-6-7-13-15(8-12)24(11-20-13)16-10-19-9-14(22-16)18(26)23(2)3/h6-11H,1-3H3,(H,21,25). The summed E-state index contributed by atoms with van der Waals surface area (Å²) >= 11 is 0. The largest absolute Gasteiger partial charge is 0.343 e. The predicted octanol–water partition coefficient (Wildman–Crippen LogP) is 1.48. The maximum absolute atomic E-state index is 12.1. The Labute approximate surface area is 149 Å². The summed E-state index contributed by atoms with van der Waals surface area (Å²) in [6.45, 7) is 1.60. The number of carbonyl (C=O) groups is 2. The molecule has 1 N–H and O–H groups in total. The van der Waals surface area contributed by atoms with Crippen molar-refractivity contribution in [3.05, 3.63) is 42.6 Å². The van der Waals surface area contributed by atoms with Crippen LogP contribution in [-0.4, -0.2) is 50.3 Å². The maximum atomic E-state index is 12.1. The average molecular weight is 348 g/mol. The lowest BCUT2D eigenvalue weighted by molar-refractivity contribution is -0.111. The van der Waals surface area contributed by atoms with Crippen molar-refractivity contribution >= 4 is 28.5 Å². The van der Waals surface area contributed by atoms with Crippen molar-refractivity contribution < 1.29 is 9.59 Å². The molecule has 0 radical (unpaired) electrons. The van der Waals surface area contributed by atoms with Crippen molar-refractivity contribution in [3.63, 3.8) is 0 Å². The Kier molecular flexibility index (Phi) is 4.62. The Hall–Kier alpha value is -3.73. The summed E-state index contributed by atoms with van der Waals surface area (Å²) in [7, 11) is 3.30. The molecule has 8 nitrogen and oxygen atoms in total. The van der Waals surface area contributed by atoms with Crippen LogP contribution in [0.1, 0.15) is 17.4 Å². The second-order valence-electron chi connectivity index (χ2n) is 5.61. The fraction of sp³-hybridized carbons (Fsp3) is 0.167. The molecule has 3 rings (SSSR count). The Morgan fingerprint density at radius 1 is 1.23 bits per heavy atom. The van der Waals surface area contributed by atoms with Gasteiger partial charge in [-0.15, -0.1) is 0 Å². The van der Waals surface area contributed by atoms with Gasteiger partial charge in [0.05, 0.1) is 23.4 Å². The molecule has 2 amide bonds. The van der Waals surface area contributed by atoms with Crippen LogP contribution >= 0.6 is 0 Å². The number of aromatic nitrogens is 4. The Morgan fingerprint density at radius 2 is 2.04 bits per heavy atom. The van der Waals surface area contributed by atoms with Gasteiger partial charge in [0.15, 0.2) is 5.82 Å². The molecule has 3 aromatic rings. The van der Waals surface area contributed by atoms with Crippen LogP contribution in [0.2, 0.25) is 0 Å². The van der Waals surface area contributed by atoms with Crippen LogP contribution in [-0.2, 0) is 4.79 Å². The van der Waals surface area contributed by atoms with Crippen molar-refractivity contribution in [2.45, 2.75) is 6.92 Å². The number of rotatable bonds is 3. The van der Waals surface area contributed by atoms with Crippen molar-refractivity contribution in [1.82, 2.24) is 24.4 Å². The zero-order valence-corrected chi connectivity index (χ0v) is 14.5. The number of nitrogens with zero attached hydrogens (tertiary/aromatic N) is 5. The van der Waals surface area contributed by atoms with Gasteiger partial charge < -0.3 is 10.2 Å². The molecule has 2 aromatic heterocycles. The molecule has 8 heteroatoms. The fourth-order valence-corrected chi connectivity index (χ4v) is 2.35. The molecule has 0 aliphatic carbocycles. The van der Waals surface area contributed by atoms with Gasteiger partial charge in [0.25, 0.3) is 11.8 Å². The van der Waals surface area contributed by atoms with E-state index in [4.69, 9.17) is 0 Å². The van der Waals surface area contributed by atoms with E-state index in [1.807, 2.05) is 0 Å². The third kappa shape index (κ3) is 3.37. The molecule has 0 unspecified atom stereocenters. The third-order valence-electron chi connectivity index (χ3n) is 3.54. The van der Waals surface area contributed by atoms with E-state index < -0.39 is 5.91 Å². The molecule has 2 heterocycles. The first-order valence-electron chi connectivity index (χ1n) is 7.74. The Morgan fingerprint density at radius 3 is 2.77 bits per heavy atom. The summed E-state index contributed by atoms with van der Waals surface area (Å²) in [5.41, 5.74) is 2.25. The first kappa shape index (κ1) is 17.1. The van der Waals surface area contributed by atoms with Gasteiger partial charge >= 0.3 is 0 Å².